The molecule has 42 heavy (non-hydrogen) atoms. The number of alkyl halides is 2. The molecule has 12 heteroatoms. The zero-order valence-electron chi connectivity index (χ0n) is 24.5. The van der Waals surface area contributed by atoms with Crippen molar-refractivity contribution in [3.05, 3.63) is 57.7 Å². The van der Waals surface area contributed by atoms with Crippen molar-refractivity contribution in [2.75, 3.05) is 29.4 Å². The minimum Gasteiger partial charge on any atom is -0.349 e. The molecule has 0 bridgehead atoms. The first kappa shape index (κ1) is 29.9. The summed E-state index contributed by atoms with van der Waals surface area (Å²) >= 11 is 6.80. The molecular formula is C30H36ClF2N7O2. The third kappa shape index (κ3) is 5.12. The molecule has 2 fully saturated rings. The monoisotopic (exact) mass is 599 g/mol. The van der Waals surface area contributed by atoms with Crippen LogP contribution in [-0.4, -0.2) is 74.5 Å². The number of halogens is 3. The Bertz CT molecular complexity index is 1590. The molecule has 0 spiro atoms. The van der Waals surface area contributed by atoms with Crippen LogP contribution in [0.2, 0.25) is 5.02 Å². The summed E-state index contributed by atoms with van der Waals surface area (Å²) in [5.74, 6) is 0.417. The molecular weight excluding hydrogens is 564 g/mol. The molecule has 3 atom stereocenters. The van der Waals surface area contributed by atoms with E-state index < -0.39 is 18.2 Å². The zero-order valence-corrected chi connectivity index (χ0v) is 25.3. The van der Waals surface area contributed by atoms with Crippen LogP contribution in [0, 0.1) is 6.92 Å². The molecule has 1 amide bonds. The number of amides is 1. The Balaban J connectivity index is 1.78. The lowest BCUT2D eigenvalue weighted by Crippen LogP contribution is -2.58. The number of hydrogen-bond donors (Lipinski definition) is 0. The number of piperazine rings is 1. The maximum absolute atomic E-state index is 14.0. The maximum atomic E-state index is 14.0. The maximum Gasteiger partial charge on any atom is 0.355 e. The van der Waals surface area contributed by atoms with E-state index in [0.29, 0.717) is 55.1 Å². The summed E-state index contributed by atoms with van der Waals surface area (Å²) < 4.78 is 29.4. The van der Waals surface area contributed by atoms with Gasteiger partial charge in [0.05, 0.1) is 27.8 Å². The van der Waals surface area contributed by atoms with Crippen molar-refractivity contribution in [2.24, 2.45) is 0 Å². The van der Waals surface area contributed by atoms with E-state index in [1.165, 1.54) is 10.6 Å². The molecule has 3 aromatic heterocycles. The number of nitrogens with zero attached hydrogens (tertiary/aromatic N) is 7. The lowest BCUT2D eigenvalue weighted by Gasteiger charge is -2.44. The number of aryl methyl sites for hydroxylation is 1. The van der Waals surface area contributed by atoms with E-state index in [2.05, 4.69) is 16.5 Å². The van der Waals surface area contributed by atoms with Crippen molar-refractivity contribution in [3.8, 4) is 5.69 Å². The Labute approximate surface area is 248 Å². The van der Waals surface area contributed by atoms with Gasteiger partial charge < -0.3 is 14.7 Å². The van der Waals surface area contributed by atoms with Crippen molar-refractivity contribution in [1.29, 1.82) is 0 Å². The van der Waals surface area contributed by atoms with Gasteiger partial charge in [0.15, 0.2) is 5.65 Å². The summed E-state index contributed by atoms with van der Waals surface area (Å²) in [7, 11) is 0. The zero-order chi connectivity index (χ0) is 30.5. The highest BCUT2D eigenvalue weighted by atomic mass is 35.5. The van der Waals surface area contributed by atoms with Crippen molar-refractivity contribution < 1.29 is 13.6 Å². The normalized spacial score (nSPS) is 21.2. The molecule has 0 aromatic carbocycles. The van der Waals surface area contributed by atoms with Gasteiger partial charge in [0.25, 0.3) is 6.43 Å². The first-order valence-corrected chi connectivity index (χ1v) is 14.7. The molecule has 2 aliphatic rings. The number of hydrogen-bond acceptors (Lipinski definition) is 7. The average Bonchev–Trinajstić information content (AvgIpc) is 3.44. The molecule has 2 saturated heterocycles. The van der Waals surface area contributed by atoms with Gasteiger partial charge >= 0.3 is 5.69 Å². The van der Waals surface area contributed by atoms with Crippen molar-refractivity contribution in [1.82, 2.24) is 24.4 Å². The highest BCUT2D eigenvalue weighted by molar-refractivity contribution is 6.33. The van der Waals surface area contributed by atoms with Crippen LogP contribution in [0.1, 0.15) is 57.7 Å². The molecule has 224 valence electrons. The quantitative estimate of drug-likeness (QED) is 0.364. The second-order valence-electron chi connectivity index (χ2n) is 11.5. The first-order chi connectivity index (χ1) is 19.9. The summed E-state index contributed by atoms with van der Waals surface area (Å²) in [6, 6.07) is 2.10. The Kier molecular flexibility index (Phi) is 8.24. The Hall–Kier alpha value is -3.60. The van der Waals surface area contributed by atoms with E-state index in [1.54, 1.807) is 22.1 Å². The summed E-state index contributed by atoms with van der Waals surface area (Å²) in [4.78, 5) is 45.8. The van der Waals surface area contributed by atoms with Gasteiger partial charge in [0.2, 0.25) is 5.91 Å². The number of pyridine rings is 2. The fourth-order valence-corrected chi connectivity index (χ4v) is 6.43. The molecule has 0 N–H and O–H groups in total. The highest BCUT2D eigenvalue weighted by Gasteiger charge is 2.36. The van der Waals surface area contributed by atoms with Crippen LogP contribution < -0.4 is 15.5 Å². The van der Waals surface area contributed by atoms with E-state index in [1.807, 2.05) is 45.6 Å². The Morgan fingerprint density at radius 3 is 2.55 bits per heavy atom. The first-order valence-electron chi connectivity index (χ1n) is 14.3. The van der Waals surface area contributed by atoms with E-state index >= 15 is 0 Å². The second kappa shape index (κ2) is 11.6. The van der Waals surface area contributed by atoms with E-state index in [4.69, 9.17) is 16.6 Å². The third-order valence-corrected chi connectivity index (χ3v) is 8.56. The van der Waals surface area contributed by atoms with Gasteiger partial charge in [-0.3, -0.25) is 9.78 Å². The predicted octanol–water partition coefficient (Wildman–Crippen LogP) is 5.11. The molecule has 2 aliphatic heterocycles. The second-order valence-corrected chi connectivity index (χ2v) is 11.9. The molecule has 9 nitrogen and oxygen atoms in total. The average molecular weight is 600 g/mol. The van der Waals surface area contributed by atoms with Crippen molar-refractivity contribution >= 4 is 40.2 Å². The number of fused-ring (bicyclic) bond motifs is 1. The van der Waals surface area contributed by atoms with Crippen LogP contribution >= 0.6 is 11.6 Å². The summed E-state index contributed by atoms with van der Waals surface area (Å²) in [5.41, 5.74) is 1.77. The fraction of sp³-hybridized carbons (Fsp3) is 0.500. The van der Waals surface area contributed by atoms with Crippen LogP contribution in [0.25, 0.3) is 16.7 Å². The molecule has 5 rings (SSSR count). The van der Waals surface area contributed by atoms with Gasteiger partial charge in [0.1, 0.15) is 11.6 Å². The minimum atomic E-state index is -2.57. The van der Waals surface area contributed by atoms with Gasteiger partial charge in [-0.25, -0.2) is 23.1 Å². The number of carbonyl (C=O) groups is 1. The predicted molar refractivity (Wildman–Crippen MR) is 161 cm³/mol. The summed E-state index contributed by atoms with van der Waals surface area (Å²) in [6.45, 7) is 14.6. The van der Waals surface area contributed by atoms with E-state index in [-0.39, 0.29) is 40.4 Å². The molecule has 0 saturated carbocycles. The van der Waals surface area contributed by atoms with Crippen LogP contribution in [0.15, 0.2) is 35.8 Å². The van der Waals surface area contributed by atoms with Crippen LogP contribution in [0.5, 0.6) is 0 Å². The van der Waals surface area contributed by atoms with Gasteiger partial charge in [-0.1, -0.05) is 32.0 Å². The number of anilines is 2. The standard InChI is InChI=1S/C30H36ClF2N7O2/c1-7-23(41)38-14-19(6)39(15-18(38)5)27-20-13-21(31)29(37-12-8-9-22(37)26(32)33)35-28(20)40(30(42)36-27)25-17(4)10-11-34-24(25)16(2)3/h7,10-11,13,16,18-19,22,26H,1,8-9,12,14-15H2,2-6H3. The molecule has 3 unspecified atom stereocenters. The van der Waals surface area contributed by atoms with Gasteiger partial charge in [-0.2, -0.15) is 4.98 Å². The number of rotatable bonds is 6. The molecule has 0 aliphatic carbocycles. The van der Waals surface area contributed by atoms with Gasteiger partial charge in [-0.15, -0.1) is 0 Å². The highest BCUT2D eigenvalue weighted by Crippen LogP contribution is 2.38. The molecule has 5 heterocycles. The Morgan fingerprint density at radius 1 is 1.14 bits per heavy atom. The lowest BCUT2D eigenvalue weighted by molar-refractivity contribution is -0.128. The molecule has 3 aromatic rings. The van der Waals surface area contributed by atoms with Crippen LogP contribution in [0.4, 0.5) is 20.4 Å². The van der Waals surface area contributed by atoms with Crippen LogP contribution in [0.3, 0.4) is 0 Å². The molecule has 0 radical (unpaired) electrons. The topological polar surface area (TPSA) is 87.5 Å². The Morgan fingerprint density at radius 2 is 1.88 bits per heavy atom. The SMILES string of the molecule is C=CC(=O)N1CC(C)N(c2nc(=O)n(-c3c(C)ccnc3C(C)C)c3nc(N4CCCC4C(F)F)c(Cl)cc23)CC1C. The number of carbonyl (C=O) groups excluding carboxylic acids is 1. The largest absolute Gasteiger partial charge is 0.355 e. The van der Waals surface area contributed by atoms with Crippen molar-refractivity contribution in [3.63, 3.8) is 0 Å². The van der Waals surface area contributed by atoms with E-state index in [9.17, 15) is 18.4 Å². The van der Waals surface area contributed by atoms with Crippen molar-refractivity contribution in [2.45, 2.75) is 77.9 Å². The summed E-state index contributed by atoms with van der Waals surface area (Å²) in [6.07, 6.45) is 1.34. The smallest absolute Gasteiger partial charge is 0.349 e. The summed E-state index contributed by atoms with van der Waals surface area (Å²) in [5, 5.41) is 0.716. The van der Waals surface area contributed by atoms with Gasteiger partial charge in [-0.05, 0) is 63.3 Å². The lowest BCUT2D eigenvalue weighted by atomic mass is 10.0. The number of aromatic nitrogens is 4. The third-order valence-electron chi connectivity index (χ3n) is 8.29. The van der Waals surface area contributed by atoms with Gasteiger partial charge in [0, 0.05) is 37.9 Å². The fourth-order valence-electron chi connectivity index (χ4n) is 6.17. The van der Waals surface area contributed by atoms with Crippen LogP contribution in [-0.2, 0) is 4.79 Å². The van der Waals surface area contributed by atoms with E-state index in [0.717, 1.165) is 5.56 Å². The minimum absolute atomic E-state index is 0.0218.